The molecule has 22 heavy (non-hydrogen) atoms. The molecule has 0 radical (unpaired) electrons. The van der Waals surface area contributed by atoms with E-state index in [-0.39, 0.29) is 5.91 Å². The second-order valence-corrected chi connectivity index (χ2v) is 6.78. The Hall–Kier alpha value is -1.62. The van der Waals surface area contributed by atoms with E-state index in [4.69, 9.17) is 4.52 Å². The van der Waals surface area contributed by atoms with Gasteiger partial charge in [0.15, 0.2) is 0 Å². The number of carbonyl (C=O) groups is 1. The Morgan fingerprint density at radius 3 is 2.77 bits per heavy atom. The number of amides is 1. The zero-order valence-corrected chi connectivity index (χ0v) is 14.4. The normalized spacial score (nSPS) is 14.1. The van der Waals surface area contributed by atoms with E-state index < -0.39 is 0 Å². The summed E-state index contributed by atoms with van der Waals surface area (Å²) >= 11 is 3.49. The minimum atomic E-state index is 0.150. The Bertz CT molecular complexity index is 672. The molecule has 4 nitrogen and oxygen atoms in total. The summed E-state index contributed by atoms with van der Waals surface area (Å²) in [5.74, 6) is 0.890. The number of benzene rings is 1. The largest absolute Gasteiger partial charge is 0.361 e. The average molecular weight is 363 g/mol. The van der Waals surface area contributed by atoms with Gasteiger partial charge in [-0.05, 0) is 44.4 Å². The number of halogens is 1. The Morgan fingerprint density at radius 1 is 1.41 bits per heavy atom. The second-order valence-electron chi connectivity index (χ2n) is 5.86. The van der Waals surface area contributed by atoms with Crippen LogP contribution in [0.3, 0.4) is 0 Å². The van der Waals surface area contributed by atoms with Crippen molar-refractivity contribution < 1.29 is 9.32 Å². The van der Waals surface area contributed by atoms with E-state index in [0.29, 0.717) is 19.0 Å². The predicted molar refractivity (Wildman–Crippen MR) is 87.4 cm³/mol. The van der Waals surface area contributed by atoms with Crippen LogP contribution in [0.1, 0.15) is 35.4 Å². The second kappa shape index (κ2) is 6.24. The van der Waals surface area contributed by atoms with Crippen molar-refractivity contribution in [1.82, 2.24) is 10.1 Å². The van der Waals surface area contributed by atoms with Crippen LogP contribution in [0, 0.1) is 13.8 Å². The summed E-state index contributed by atoms with van der Waals surface area (Å²) < 4.78 is 6.20. The molecule has 0 atom stereocenters. The van der Waals surface area contributed by atoms with Gasteiger partial charge in [0, 0.05) is 22.6 Å². The van der Waals surface area contributed by atoms with Gasteiger partial charge in [0.25, 0.3) is 0 Å². The van der Waals surface area contributed by atoms with Crippen molar-refractivity contribution in [3.63, 3.8) is 0 Å². The first kappa shape index (κ1) is 15.3. The molecule has 3 rings (SSSR count). The Labute approximate surface area is 138 Å². The lowest BCUT2D eigenvalue weighted by Crippen LogP contribution is -2.34. The predicted octanol–water partition coefficient (Wildman–Crippen LogP) is 3.79. The molecule has 0 unspecified atom stereocenters. The van der Waals surface area contributed by atoms with Gasteiger partial charge in [-0.25, -0.2) is 0 Å². The maximum atomic E-state index is 12.7. The van der Waals surface area contributed by atoms with Gasteiger partial charge in [0.1, 0.15) is 5.76 Å². The van der Waals surface area contributed by atoms with Gasteiger partial charge in [-0.1, -0.05) is 33.2 Å². The van der Waals surface area contributed by atoms with E-state index in [1.807, 2.05) is 30.9 Å². The molecule has 0 aliphatic heterocycles. The molecule has 1 heterocycles. The summed E-state index contributed by atoms with van der Waals surface area (Å²) in [4.78, 5) is 14.7. The van der Waals surface area contributed by atoms with Gasteiger partial charge in [-0.15, -0.1) is 0 Å². The molecular formula is C17H19BrN2O2. The quantitative estimate of drug-likeness (QED) is 0.812. The van der Waals surface area contributed by atoms with Crippen molar-refractivity contribution in [1.29, 1.82) is 0 Å². The van der Waals surface area contributed by atoms with Crippen LogP contribution in [0.15, 0.2) is 33.3 Å². The molecule has 1 aromatic carbocycles. The van der Waals surface area contributed by atoms with E-state index in [1.165, 1.54) is 0 Å². The highest BCUT2D eigenvalue weighted by atomic mass is 79.9. The minimum Gasteiger partial charge on any atom is -0.361 e. The molecule has 116 valence electrons. The third-order valence-corrected chi connectivity index (χ3v) is 4.55. The molecule has 1 aliphatic carbocycles. The highest BCUT2D eigenvalue weighted by molar-refractivity contribution is 9.10. The SMILES string of the molecule is Cc1noc(C)c1CC(=O)N(Cc1cccc(Br)c1)C1CC1. The first-order chi connectivity index (χ1) is 10.5. The lowest BCUT2D eigenvalue weighted by Gasteiger charge is -2.22. The van der Waals surface area contributed by atoms with E-state index >= 15 is 0 Å². The van der Waals surface area contributed by atoms with Crippen molar-refractivity contribution in [3.8, 4) is 0 Å². The van der Waals surface area contributed by atoms with Crippen LogP contribution < -0.4 is 0 Å². The lowest BCUT2D eigenvalue weighted by molar-refractivity contribution is -0.131. The topological polar surface area (TPSA) is 46.3 Å². The summed E-state index contributed by atoms with van der Waals surface area (Å²) in [6.45, 7) is 4.40. The Kier molecular flexibility index (Phi) is 4.34. The van der Waals surface area contributed by atoms with Gasteiger partial charge in [0.2, 0.25) is 5.91 Å². The minimum absolute atomic E-state index is 0.150. The fourth-order valence-corrected chi connectivity index (χ4v) is 3.09. The van der Waals surface area contributed by atoms with Crippen LogP contribution in [0.5, 0.6) is 0 Å². The maximum absolute atomic E-state index is 12.7. The van der Waals surface area contributed by atoms with Crippen LogP contribution in [0.4, 0.5) is 0 Å². The number of hydrogen-bond donors (Lipinski definition) is 0. The molecule has 5 heteroatoms. The fourth-order valence-electron chi connectivity index (χ4n) is 2.65. The number of aromatic nitrogens is 1. The van der Waals surface area contributed by atoms with Crippen molar-refractivity contribution in [2.75, 3.05) is 0 Å². The van der Waals surface area contributed by atoms with E-state index in [1.54, 1.807) is 0 Å². The summed E-state index contributed by atoms with van der Waals surface area (Å²) in [5, 5.41) is 3.93. The van der Waals surface area contributed by atoms with E-state index in [9.17, 15) is 4.79 Å². The van der Waals surface area contributed by atoms with Crippen molar-refractivity contribution >= 4 is 21.8 Å². The third-order valence-electron chi connectivity index (χ3n) is 4.06. The first-order valence-electron chi connectivity index (χ1n) is 7.50. The molecule has 1 amide bonds. The number of rotatable bonds is 5. The fraction of sp³-hybridized carbons (Fsp3) is 0.412. The molecule has 1 aliphatic rings. The highest BCUT2D eigenvalue weighted by Gasteiger charge is 2.33. The van der Waals surface area contributed by atoms with Gasteiger partial charge in [-0.2, -0.15) is 0 Å². The summed E-state index contributed by atoms with van der Waals surface area (Å²) in [5.41, 5.74) is 2.88. The summed E-state index contributed by atoms with van der Waals surface area (Å²) in [7, 11) is 0. The molecule has 1 saturated carbocycles. The molecular weight excluding hydrogens is 344 g/mol. The Morgan fingerprint density at radius 2 is 2.18 bits per heavy atom. The van der Waals surface area contributed by atoms with Gasteiger partial charge in [0.05, 0.1) is 12.1 Å². The van der Waals surface area contributed by atoms with Crippen LogP contribution in [-0.4, -0.2) is 22.0 Å². The zero-order valence-electron chi connectivity index (χ0n) is 12.8. The smallest absolute Gasteiger partial charge is 0.227 e. The third kappa shape index (κ3) is 3.40. The first-order valence-corrected chi connectivity index (χ1v) is 8.29. The summed E-state index contributed by atoms with van der Waals surface area (Å²) in [6, 6.07) is 8.51. The lowest BCUT2D eigenvalue weighted by atomic mass is 10.1. The molecule has 0 N–H and O–H groups in total. The number of carbonyl (C=O) groups excluding carboxylic acids is 1. The highest BCUT2D eigenvalue weighted by Crippen LogP contribution is 2.30. The van der Waals surface area contributed by atoms with Crippen LogP contribution >= 0.6 is 15.9 Å². The number of nitrogens with zero attached hydrogens (tertiary/aromatic N) is 2. The molecule has 1 fully saturated rings. The van der Waals surface area contributed by atoms with Gasteiger partial charge < -0.3 is 9.42 Å². The Balaban J connectivity index is 1.75. The molecule has 0 spiro atoms. The van der Waals surface area contributed by atoms with Crippen molar-refractivity contribution in [2.45, 2.75) is 45.7 Å². The number of hydrogen-bond acceptors (Lipinski definition) is 3. The van der Waals surface area contributed by atoms with Crippen molar-refractivity contribution in [2.24, 2.45) is 0 Å². The molecule has 0 bridgehead atoms. The van der Waals surface area contributed by atoms with E-state index in [2.05, 4.69) is 33.2 Å². The van der Waals surface area contributed by atoms with Crippen LogP contribution in [0.2, 0.25) is 0 Å². The van der Waals surface area contributed by atoms with Crippen LogP contribution in [0.25, 0.3) is 0 Å². The van der Waals surface area contributed by atoms with Crippen molar-refractivity contribution in [3.05, 3.63) is 51.3 Å². The van der Waals surface area contributed by atoms with Gasteiger partial charge in [-0.3, -0.25) is 4.79 Å². The maximum Gasteiger partial charge on any atom is 0.227 e. The van der Waals surface area contributed by atoms with Gasteiger partial charge >= 0.3 is 0 Å². The molecule has 0 saturated heterocycles. The van der Waals surface area contributed by atoms with E-state index in [0.717, 1.165) is 39.9 Å². The summed E-state index contributed by atoms with van der Waals surface area (Å²) in [6.07, 6.45) is 2.56. The number of aryl methyl sites for hydroxylation is 2. The zero-order chi connectivity index (χ0) is 15.7. The van der Waals surface area contributed by atoms with Crippen LogP contribution in [-0.2, 0) is 17.8 Å². The average Bonchev–Trinajstić information content (AvgIpc) is 3.27. The monoisotopic (exact) mass is 362 g/mol. The molecule has 1 aromatic heterocycles. The standard InChI is InChI=1S/C17H19BrN2O2/c1-11-16(12(2)22-19-11)9-17(21)20(15-6-7-15)10-13-4-3-5-14(18)8-13/h3-5,8,15H,6-7,9-10H2,1-2H3. The molecule has 2 aromatic rings.